The highest BCUT2D eigenvalue weighted by molar-refractivity contribution is 5.24. The van der Waals surface area contributed by atoms with Gasteiger partial charge in [-0.05, 0) is 13.1 Å². The number of rotatable bonds is 6. The lowest BCUT2D eigenvalue weighted by molar-refractivity contribution is 0.390. The summed E-state index contributed by atoms with van der Waals surface area (Å²) in [5, 5.41) is 6.37. The van der Waals surface area contributed by atoms with Gasteiger partial charge in [0.15, 0.2) is 0 Å². The molecule has 0 aliphatic carbocycles. The average Bonchev–Trinajstić information content (AvgIpc) is 2.25. The molecule has 0 radical (unpaired) electrons. The van der Waals surface area contributed by atoms with Crippen molar-refractivity contribution in [2.75, 3.05) is 27.2 Å². The fourth-order valence-electron chi connectivity index (χ4n) is 1.18. The van der Waals surface area contributed by atoms with Crippen molar-refractivity contribution in [3.05, 3.63) is 23.9 Å². The van der Waals surface area contributed by atoms with Crippen LogP contribution in [-0.4, -0.2) is 32.2 Å². The van der Waals surface area contributed by atoms with Crippen molar-refractivity contribution >= 4 is 0 Å². The molecular weight excluding hydrogens is 178 g/mol. The molecule has 1 rings (SSSR count). The zero-order valence-corrected chi connectivity index (χ0v) is 8.71. The van der Waals surface area contributed by atoms with Crippen LogP contribution in [0.1, 0.15) is 5.56 Å². The molecular formula is C10H17N3O. The number of nitrogens with zero attached hydrogens (tertiary/aromatic N) is 1. The summed E-state index contributed by atoms with van der Waals surface area (Å²) in [5.41, 5.74) is 1.09. The Hall–Kier alpha value is -1.13. The average molecular weight is 195 g/mol. The molecule has 1 aromatic heterocycles. The van der Waals surface area contributed by atoms with Crippen LogP contribution in [0.3, 0.4) is 0 Å². The summed E-state index contributed by atoms with van der Waals surface area (Å²) in [5.74, 6) is 0.699. The SMILES string of the molecule is CNCCNCc1cccnc1OC. The number of hydrogen-bond donors (Lipinski definition) is 2. The first-order valence-corrected chi connectivity index (χ1v) is 4.71. The normalized spacial score (nSPS) is 10.1. The quantitative estimate of drug-likeness (QED) is 0.645. The number of methoxy groups -OCH3 is 1. The molecule has 0 saturated carbocycles. The van der Waals surface area contributed by atoms with Crippen molar-refractivity contribution in [1.82, 2.24) is 15.6 Å². The molecule has 0 atom stereocenters. The highest BCUT2D eigenvalue weighted by Gasteiger charge is 2.01. The lowest BCUT2D eigenvalue weighted by Gasteiger charge is -2.07. The fourth-order valence-corrected chi connectivity index (χ4v) is 1.18. The van der Waals surface area contributed by atoms with Crippen molar-refractivity contribution in [2.45, 2.75) is 6.54 Å². The smallest absolute Gasteiger partial charge is 0.217 e. The Morgan fingerprint density at radius 1 is 1.43 bits per heavy atom. The van der Waals surface area contributed by atoms with Crippen molar-refractivity contribution < 1.29 is 4.74 Å². The highest BCUT2D eigenvalue weighted by atomic mass is 16.5. The third kappa shape index (κ3) is 3.32. The summed E-state index contributed by atoms with van der Waals surface area (Å²) in [6, 6.07) is 3.93. The van der Waals surface area contributed by atoms with Gasteiger partial charge in [-0.15, -0.1) is 0 Å². The molecule has 1 heterocycles. The van der Waals surface area contributed by atoms with Gasteiger partial charge in [0.05, 0.1) is 7.11 Å². The maximum Gasteiger partial charge on any atom is 0.217 e. The Labute approximate surface area is 84.7 Å². The summed E-state index contributed by atoms with van der Waals surface area (Å²) < 4.78 is 5.14. The predicted molar refractivity (Wildman–Crippen MR) is 56.4 cm³/mol. The standard InChI is InChI=1S/C10H17N3O/c1-11-6-7-12-8-9-4-3-5-13-10(9)14-2/h3-5,11-12H,6-8H2,1-2H3. The van der Waals surface area contributed by atoms with Crippen LogP contribution < -0.4 is 15.4 Å². The molecule has 1 aromatic rings. The number of pyridine rings is 1. The van der Waals surface area contributed by atoms with Gasteiger partial charge in [-0.1, -0.05) is 6.07 Å². The van der Waals surface area contributed by atoms with Gasteiger partial charge < -0.3 is 15.4 Å². The van der Waals surface area contributed by atoms with Crippen LogP contribution >= 0.6 is 0 Å². The van der Waals surface area contributed by atoms with Gasteiger partial charge in [-0.2, -0.15) is 0 Å². The van der Waals surface area contributed by atoms with Crippen LogP contribution in [0.25, 0.3) is 0 Å². The summed E-state index contributed by atoms with van der Waals surface area (Å²) in [6.45, 7) is 2.69. The molecule has 0 amide bonds. The van der Waals surface area contributed by atoms with E-state index in [0.29, 0.717) is 5.88 Å². The molecule has 0 spiro atoms. The molecule has 0 bridgehead atoms. The number of likely N-dealkylation sites (N-methyl/N-ethyl adjacent to an activating group) is 1. The molecule has 2 N–H and O–H groups in total. The molecule has 0 unspecified atom stereocenters. The second-order valence-electron chi connectivity index (χ2n) is 2.95. The molecule has 0 aromatic carbocycles. The molecule has 4 nitrogen and oxygen atoms in total. The maximum atomic E-state index is 5.14. The van der Waals surface area contributed by atoms with Gasteiger partial charge in [0.25, 0.3) is 0 Å². The van der Waals surface area contributed by atoms with E-state index in [9.17, 15) is 0 Å². The Bertz CT molecular complexity index is 265. The summed E-state index contributed by atoms with van der Waals surface area (Å²) in [7, 11) is 3.58. The topological polar surface area (TPSA) is 46.2 Å². The van der Waals surface area contributed by atoms with Crippen LogP contribution in [0.4, 0.5) is 0 Å². The molecule has 0 saturated heterocycles. The van der Waals surface area contributed by atoms with E-state index in [4.69, 9.17) is 4.74 Å². The maximum absolute atomic E-state index is 5.14. The molecule has 14 heavy (non-hydrogen) atoms. The molecule has 4 heteroatoms. The predicted octanol–water partition coefficient (Wildman–Crippen LogP) is 0.399. The van der Waals surface area contributed by atoms with Gasteiger partial charge in [0.2, 0.25) is 5.88 Å². The lowest BCUT2D eigenvalue weighted by atomic mass is 10.2. The Kier molecular flexibility index (Phi) is 4.96. The van der Waals surface area contributed by atoms with Gasteiger partial charge in [-0.25, -0.2) is 4.98 Å². The first-order valence-electron chi connectivity index (χ1n) is 4.71. The van der Waals surface area contributed by atoms with E-state index in [1.165, 1.54) is 0 Å². The first-order chi connectivity index (χ1) is 6.88. The molecule has 0 aliphatic heterocycles. The van der Waals surface area contributed by atoms with Crippen molar-refractivity contribution in [2.24, 2.45) is 0 Å². The minimum atomic E-state index is 0.699. The number of hydrogen-bond acceptors (Lipinski definition) is 4. The van der Waals surface area contributed by atoms with Gasteiger partial charge in [0, 0.05) is 31.4 Å². The molecule has 0 aliphatic rings. The number of nitrogens with one attached hydrogen (secondary N) is 2. The molecule has 0 fully saturated rings. The zero-order chi connectivity index (χ0) is 10.2. The van der Waals surface area contributed by atoms with Crippen molar-refractivity contribution in [1.29, 1.82) is 0 Å². The third-order valence-electron chi connectivity index (χ3n) is 1.91. The minimum absolute atomic E-state index is 0.699. The van der Waals surface area contributed by atoms with Crippen LogP contribution in [0.5, 0.6) is 5.88 Å². The van der Waals surface area contributed by atoms with Crippen LogP contribution in [0.2, 0.25) is 0 Å². The monoisotopic (exact) mass is 195 g/mol. The Morgan fingerprint density at radius 2 is 2.29 bits per heavy atom. The fraction of sp³-hybridized carbons (Fsp3) is 0.500. The summed E-state index contributed by atoms with van der Waals surface area (Å²) in [4.78, 5) is 4.12. The van der Waals surface area contributed by atoms with E-state index in [1.54, 1.807) is 13.3 Å². The third-order valence-corrected chi connectivity index (χ3v) is 1.91. The van der Waals surface area contributed by atoms with Gasteiger partial charge in [0.1, 0.15) is 0 Å². The Morgan fingerprint density at radius 3 is 3.00 bits per heavy atom. The van der Waals surface area contributed by atoms with Crippen molar-refractivity contribution in [3.63, 3.8) is 0 Å². The second kappa shape index (κ2) is 6.34. The summed E-state index contributed by atoms with van der Waals surface area (Å²) in [6.07, 6.45) is 1.73. The van der Waals surface area contributed by atoms with Crippen LogP contribution in [-0.2, 0) is 6.54 Å². The van der Waals surface area contributed by atoms with Crippen LogP contribution in [0, 0.1) is 0 Å². The van der Waals surface area contributed by atoms with Crippen LogP contribution in [0.15, 0.2) is 18.3 Å². The number of aromatic nitrogens is 1. The largest absolute Gasteiger partial charge is 0.481 e. The van der Waals surface area contributed by atoms with E-state index in [-0.39, 0.29) is 0 Å². The lowest BCUT2D eigenvalue weighted by Crippen LogP contribution is -2.24. The number of ether oxygens (including phenoxy) is 1. The van der Waals surface area contributed by atoms with Gasteiger partial charge in [-0.3, -0.25) is 0 Å². The summed E-state index contributed by atoms with van der Waals surface area (Å²) >= 11 is 0. The van der Waals surface area contributed by atoms with E-state index >= 15 is 0 Å². The van der Waals surface area contributed by atoms with E-state index in [1.807, 2.05) is 19.2 Å². The van der Waals surface area contributed by atoms with E-state index in [2.05, 4.69) is 15.6 Å². The zero-order valence-electron chi connectivity index (χ0n) is 8.71. The molecule has 78 valence electrons. The van der Waals surface area contributed by atoms with E-state index < -0.39 is 0 Å². The second-order valence-corrected chi connectivity index (χ2v) is 2.95. The van der Waals surface area contributed by atoms with Crippen molar-refractivity contribution in [3.8, 4) is 5.88 Å². The minimum Gasteiger partial charge on any atom is -0.481 e. The van der Waals surface area contributed by atoms with E-state index in [0.717, 1.165) is 25.2 Å². The highest BCUT2D eigenvalue weighted by Crippen LogP contribution is 2.12. The van der Waals surface area contributed by atoms with Gasteiger partial charge >= 0.3 is 0 Å². The Balaban J connectivity index is 2.41. The first kappa shape index (κ1) is 10.9.